The first kappa shape index (κ1) is 33.0. The zero-order valence-electron chi connectivity index (χ0n) is 26.2. The summed E-state index contributed by atoms with van der Waals surface area (Å²) in [7, 11) is 6.19. The lowest BCUT2D eigenvalue weighted by Crippen LogP contribution is -2.63. The van der Waals surface area contributed by atoms with Crippen molar-refractivity contribution in [1.29, 1.82) is 0 Å². The number of hydrogen-bond acceptors (Lipinski definition) is 3. The Morgan fingerprint density at radius 2 is 1.34 bits per heavy atom. The van der Waals surface area contributed by atoms with Crippen LogP contribution in [0.15, 0.2) is 0 Å². The third-order valence-electron chi connectivity index (χ3n) is 11.4. The molecule has 1 aliphatic carbocycles. The topological polar surface area (TPSA) is 50.1 Å². The fraction of sp³-hybridized carbons (Fsp3) is 1.00. The van der Waals surface area contributed by atoms with E-state index in [9.17, 15) is 0 Å². The Balaban J connectivity index is 3.48. The van der Waals surface area contributed by atoms with Crippen molar-refractivity contribution in [2.24, 2.45) is 46.2 Å². The van der Waals surface area contributed by atoms with E-state index in [2.05, 4.69) is 101 Å². The number of rotatable bonds is 12. The lowest BCUT2D eigenvalue weighted by Gasteiger charge is -2.60. The van der Waals surface area contributed by atoms with E-state index in [-0.39, 0.29) is 27.4 Å². The average Bonchev–Trinajstić information content (AvgIpc) is 2.73. The predicted molar refractivity (Wildman–Crippen MR) is 158 cm³/mol. The molecule has 1 aliphatic rings. The second-order valence-corrected chi connectivity index (χ2v) is 15.2. The number of nitrogens with two attached hydrogens (primary N) is 1. The van der Waals surface area contributed by atoms with E-state index in [1.54, 1.807) is 0 Å². The molecule has 0 aromatic carbocycles. The predicted octanol–water partition coefficient (Wildman–Crippen LogP) is 7.48. The van der Waals surface area contributed by atoms with Gasteiger partial charge in [0.15, 0.2) is 7.98 Å². The maximum Gasteiger partial charge on any atom is 0.178 e. The summed E-state index contributed by atoms with van der Waals surface area (Å²) in [5.41, 5.74) is 6.60. The first-order valence-corrected chi connectivity index (χ1v) is 14.8. The monoisotopic (exact) mass is 490 g/mol. The van der Waals surface area contributed by atoms with Crippen LogP contribution in [0.5, 0.6) is 0 Å². The molecule has 4 N–H and O–H groups in total. The molecular formula is C31H64BN3. The zero-order chi connectivity index (χ0) is 27.5. The molecule has 206 valence electrons. The standard InChI is InChI=1S/C31H64BN3/c1-14-22(3)24-18-16-23(21-34-27(4,5)15-2)17-19-25(20-24)26(28(6,7)30(10,11)33)29(8,9)31(12,13)35-32/h22-26,34-35H,14-21,33H2,1-13H3. The molecule has 1 fully saturated rings. The van der Waals surface area contributed by atoms with Gasteiger partial charge < -0.3 is 16.3 Å². The van der Waals surface area contributed by atoms with E-state index >= 15 is 0 Å². The molecule has 0 heterocycles. The van der Waals surface area contributed by atoms with Gasteiger partial charge in [0.25, 0.3) is 0 Å². The van der Waals surface area contributed by atoms with Crippen molar-refractivity contribution < 1.29 is 0 Å². The summed E-state index contributed by atoms with van der Waals surface area (Å²) in [6.45, 7) is 31.7. The molecule has 1 saturated carbocycles. The Kier molecular flexibility index (Phi) is 11.5. The summed E-state index contributed by atoms with van der Waals surface area (Å²) >= 11 is 0. The molecule has 0 amide bonds. The maximum atomic E-state index is 6.97. The maximum absolute atomic E-state index is 6.97. The highest BCUT2D eigenvalue weighted by Gasteiger charge is 2.55. The molecule has 1 rings (SSSR count). The van der Waals surface area contributed by atoms with Crippen LogP contribution in [0, 0.1) is 40.4 Å². The highest BCUT2D eigenvalue weighted by molar-refractivity contribution is 6.04. The summed E-state index contributed by atoms with van der Waals surface area (Å²) in [5, 5.41) is 7.10. The molecule has 35 heavy (non-hydrogen) atoms. The fourth-order valence-electron chi connectivity index (χ4n) is 6.63. The van der Waals surface area contributed by atoms with E-state index in [1.165, 1.54) is 38.5 Å². The van der Waals surface area contributed by atoms with Crippen molar-refractivity contribution in [3.05, 3.63) is 0 Å². The second kappa shape index (κ2) is 12.2. The quantitative estimate of drug-likeness (QED) is 0.249. The minimum absolute atomic E-state index is 0.0380. The van der Waals surface area contributed by atoms with E-state index in [0.717, 1.165) is 30.7 Å². The lowest BCUT2D eigenvalue weighted by molar-refractivity contribution is -0.0725. The van der Waals surface area contributed by atoms with Crippen LogP contribution in [0.4, 0.5) is 0 Å². The van der Waals surface area contributed by atoms with Gasteiger partial charge in [-0.05, 0) is 127 Å². The first-order valence-electron chi connectivity index (χ1n) is 14.8. The molecule has 0 bridgehead atoms. The highest BCUT2D eigenvalue weighted by Crippen LogP contribution is 2.57. The van der Waals surface area contributed by atoms with E-state index < -0.39 is 0 Å². The average molecular weight is 490 g/mol. The fourth-order valence-corrected chi connectivity index (χ4v) is 6.63. The minimum Gasteiger partial charge on any atom is -0.361 e. The Morgan fingerprint density at radius 3 is 1.77 bits per heavy atom. The molecular weight excluding hydrogens is 425 g/mol. The van der Waals surface area contributed by atoms with Gasteiger partial charge in [0.05, 0.1) is 0 Å². The van der Waals surface area contributed by atoms with E-state index in [1.807, 2.05) is 0 Å². The van der Waals surface area contributed by atoms with Crippen LogP contribution < -0.4 is 16.3 Å². The number of nitrogens with one attached hydrogen (secondary N) is 2. The van der Waals surface area contributed by atoms with Crippen molar-refractivity contribution in [3.8, 4) is 0 Å². The molecule has 0 saturated heterocycles. The Morgan fingerprint density at radius 1 is 0.829 bits per heavy atom. The molecule has 5 atom stereocenters. The van der Waals surface area contributed by atoms with Gasteiger partial charge in [-0.15, -0.1) is 0 Å². The van der Waals surface area contributed by atoms with Crippen LogP contribution in [0.3, 0.4) is 0 Å². The van der Waals surface area contributed by atoms with Crippen LogP contribution >= 0.6 is 0 Å². The summed E-state index contributed by atoms with van der Waals surface area (Å²) in [6.07, 6.45) is 9.01. The molecule has 4 heteroatoms. The van der Waals surface area contributed by atoms with Gasteiger partial charge in [0.1, 0.15) is 0 Å². The van der Waals surface area contributed by atoms with Gasteiger partial charge in [-0.25, -0.2) is 0 Å². The summed E-state index contributed by atoms with van der Waals surface area (Å²) in [4.78, 5) is 0. The van der Waals surface area contributed by atoms with Crippen molar-refractivity contribution in [2.75, 3.05) is 6.54 Å². The van der Waals surface area contributed by atoms with Gasteiger partial charge in [-0.1, -0.05) is 54.9 Å². The molecule has 2 radical (unpaired) electrons. The smallest absolute Gasteiger partial charge is 0.178 e. The molecule has 3 nitrogen and oxygen atoms in total. The highest BCUT2D eigenvalue weighted by atomic mass is 15.0. The third kappa shape index (κ3) is 7.97. The van der Waals surface area contributed by atoms with Crippen molar-refractivity contribution in [1.82, 2.24) is 10.5 Å². The summed E-state index contributed by atoms with van der Waals surface area (Å²) in [5.74, 6) is 3.34. The van der Waals surface area contributed by atoms with Gasteiger partial charge in [0, 0.05) is 16.6 Å². The van der Waals surface area contributed by atoms with Gasteiger partial charge in [-0.2, -0.15) is 0 Å². The summed E-state index contributed by atoms with van der Waals surface area (Å²) in [6, 6.07) is 0. The van der Waals surface area contributed by atoms with Crippen LogP contribution in [0.2, 0.25) is 0 Å². The largest absolute Gasteiger partial charge is 0.361 e. The second-order valence-electron chi connectivity index (χ2n) is 15.2. The minimum atomic E-state index is -0.292. The van der Waals surface area contributed by atoms with Crippen LogP contribution in [0.1, 0.15) is 135 Å². The Bertz CT molecular complexity index is 632. The van der Waals surface area contributed by atoms with Gasteiger partial charge >= 0.3 is 0 Å². The normalized spacial score (nSPS) is 25.6. The third-order valence-corrected chi connectivity index (χ3v) is 11.4. The Labute approximate surface area is 222 Å². The SMILES string of the molecule is [B]NC(C)(C)C(C)(C)C(C1CCC(CNC(C)(C)CC)CCC(C(C)CC)C1)C(C)(C)C(C)(C)N. The zero-order valence-corrected chi connectivity index (χ0v) is 26.2. The molecule has 0 spiro atoms. The molecule has 0 aromatic rings. The molecule has 0 aromatic heterocycles. The lowest BCUT2D eigenvalue weighted by atomic mass is 9.48. The molecule has 0 aliphatic heterocycles. The van der Waals surface area contributed by atoms with E-state index in [4.69, 9.17) is 13.7 Å². The molecule has 5 unspecified atom stereocenters. The van der Waals surface area contributed by atoms with E-state index in [0.29, 0.717) is 11.8 Å². The Hall–Kier alpha value is -0.0551. The van der Waals surface area contributed by atoms with Crippen molar-refractivity contribution in [2.45, 2.75) is 152 Å². The number of hydrogen-bond donors (Lipinski definition) is 3. The van der Waals surface area contributed by atoms with Gasteiger partial charge in [0.2, 0.25) is 0 Å². The van der Waals surface area contributed by atoms with Crippen LogP contribution in [-0.4, -0.2) is 31.1 Å². The van der Waals surface area contributed by atoms with Gasteiger partial charge in [-0.3, -0.25) is 0 Å². The van der Waals surface area contributed by atoms with Crippen molar-refractivity contribution in [3.63, 3.8) is 0 Å². The summed E-state index contributed by atoms with van der Waals surface area (Å²) < 4.78 is 0. The van der Waals surface area contributed by atoms with Crippen LogP contribution in [0.25, 0.3) is 0 Å². The van der Waals surface area contributed by atoms with Crippen LogP contribution in [-0.2, 0) is 0 Å². The van der Waals surface area contributed by atoms with Crippen molar-refractivity contribution >= 4 is 7.98 Å². The first-order chi connectivity index (χ1) is 15.8.